The number of rotatable bonds is 4. The number of hydrogen-bond acceptors (Lipinski definition) is 2. The minimum absolute atomic E-state index is 0.290. The van der Waals surface area contributed by atoms with E-state index in [0.29, 0.717) is 16.4 Å². The quantitative estimate of drug-likeness (QED) is 0.840. The standard InChI is InChI=1S/C17H19FOS/c1-11(2)13-7-9-14(10-8-13)20-17-15(12(3)19)5-4-6-16(17)18/h4-12,19H,1-3H3. The molecule has 2 aromatic rings. The number of halogens is 1. The van der Waals surface area contributed by atoms with Gasteiger partial charge in [0, 0.05) is 4.90 Å². The van der Waals surface area contributed by atoms with Crippen LogP contribution in [0.15, 0.2) is 52.3 Å². The second-order valence-electron chi connectivity index (χ2n) is 5.16. The molecule has 2 aromatic carbocycles. The summed E-state index contributed by atoms with van der Waals surface area (Å²) in [5.74, 6) is 0.192. The van der Waals surface area contributed by atoms with E-state index in [1.807, 2.05) is 12.1 Å². The molecule has 0 aromatic heterocycles. The van der Waals surface area contributed by atoms with Gasteiger partial charge in [-0.15, -0.1) is 0 Å². The zero-order chi connectivity index (χ0) is 14.7. The van der Waals surface area contributed by atoms with Crippen molar-refractivity contribution >= 4 is 11.8 Å². The lowest BCUT2D eigenvalue weighted by molar-refractivity contribution is 0.195. The largest absolute Gasteiger partial charge is 0.389 e. The van der Waals surface area contributed by atoms with E-state index in [1.165, 1.54) is 23.4 Å². The summed E-state index contributed by atoms with van der Waals surface area (Å²) in [6.45, 7) is 5.94. The van der Waals surface area contributed by atoms with Gasteiger partial charge in [0.15, 0.2) is 0 Å². The SMILES string of the molecule is CC(C)c1ccc(Sc2c(F)cccc2C(C)O)cc1. The van der Waals surface area contributed by atoms with E-state index in [4.69, 9.17) is 0 Å². The fourth-order valence-corrected chi connectivity index (χ4v) is 3.03. The first kappa shape index (κ1) is 15.1. The Morgan fingerprint density at radius 2 is 1.65 bits per heavy atom. The maximum atomic E-state index is 14.0. The number of benzene rings is 2. The van der Waals surface area contributed by atoms with Gasteiger partial charge in [-0.3, -0.25) is 0 Å². The molecule has 1 N–H and O–H groups in total. The fourth-order valence-electron chi connectivity index (χ4n) is 2.00. The van der Waals surface area contributed by atoms with Gasteiger partial charge in [-0.05, 0) is 42.2 Å². The minimum Gasteiger partial charge on any atom is -0.389 e. The Morgan fingerprint density at radius 1 is 1.00 bits per heavy atom. The van der Waals surface area contributed by atoms with Crippen LogP contribution in [0.4, 0.5) is 4.39 Å². The van der Waals surface area contributed by atoms with Crippen LogP contribution < -0.4 is 0 Å². The molecule has 0 spiro atoms. The third-order valence-electron chi connectivity index (χ3n) is 3.21. The molecule has 0 fully saturated rings. The van der Waals surface area contributed by atoms with Crippen LogP contribution in [0.25, 0.3) is 0 Å². The molecule has 0 amide bonds. The Morgan fingerprint density at radius 3 is 2.20 bits per heavy atom. The van der Waals surface area contributed by atoms with Crippen LogP contribution in [0, 0.1) is 5.82 Å². The highest BCUT2D eigenvalue weighted by atomic mass is 32.2. The van der Waals surface area contributed by atoms with Crippen LogP contribution in [-0.2, 0) is 0 Å². The van der Waals surface area contributed by atoms with Crippen LogP contribution >= 0.6 is 11.8 Å². The first-order valence-corrected chi connectivity index (χ1v) is 7.55. The van der Waals surface area contributed by atoms with Gasteiger partial charge in [-0.2, -0.15) is 0 Å². The Hall–Kier alpha value is -1.32. The smallest absolute Gasteiger partial charge is 0.137 e. The van der Waals surface area contributed by atoms with E-state index in [1.54, 1.807) is 19.1 Å². The lowest BCUT2D eigenvalue weighted by Gasteiger charge is -2.13. The molecule has 1 nitrogen and oxygen atoms in total. The van der Waals surface area contributed by atoms with Gasteiger partial charge in [0.25, 0.3) is 0 Å². The van der Waals surface area contributed by atoms with Gasteiger partial charge in [0.05, 0.1) is 11.0 Å². The van der Waals surface area contributed by atoms with E-state index in [9.17, 15) is 9.50 Å². The Bertz CT molecular complexity index is 576. The van der Waals surface area contributed by atoms with Gasteiger partial charge < -0.3 is 5.11 Å². The van der Waals surface area contributed by atoms with E-state index in [0.717, 1.165) is 4.90 Å². The molecule has 0 radical (unpaired) electrons. The molecule has 0 aliphatic heterocycles. The zero-order valence-electron chi connectivity index (χ0n) is 11.9. The number of aliphatic hydroxyl groups excluding tert-OH is 1. The molecule has 0 bridgehead atoms. The van der Waals surface area contributed by atoms with Crippen molar-refractivity contribution in [2.75, 3.05) is 0 Å². The molecule has 2 rings (SSSR count). The van der Waals surface area contributed by atoms with Crippen LogP contribution in [0.3, 0.4) is 0 Å². The molecule has 0 saturated carbocycles. The van der Waals surface area contributed by atoms with Crippen molar-refractivity contribution in [3.8, 4) is 0 Å². The highest BCUT2D eigenvalue weighted by Gasteiger charge is 2.13. The predicted molar refractivity (Wildman–Crippen MR) is 81.7 cm³/mol. The summed E-state index contributed by atoms with van der Waals surface area (Å²) in [5.41, 5.74) is 1.89. The van der Waals surface area contributed by atoms with Crippen LogP contribution in [0.5, 0.6) is 0 Å². The monoisotopic (exact) mass is 290 g/mol. The van der Waals surface area contributed by atoms with Crippen molar-refractivity contribution in [1.82, 2.24) is 0 Å². The van der Waals surface area contributed by atoms with Crippen molar-refractivity contribution in [2.24, 2.45) is 0 Å². The first-order valence-electron chi connectivity index (χ1n) is 6.73. The van der Waals surface area contributed by atoms with Crippen molar-refractivity contribution in [1.29, 1.82) is 0 Å². The zero-order valence-corrected chi connectivity index (χ0v) is 12.7. The van der Waals surface area contributed by atoms with E-state index in [2.05, 4.69) is 26.0 Å². The first-order chi connectivity index (χ1) is 9.49. The summed E-state index contributed by atoms with van der Waals surface area (Å²) in [4.78, 5) is 1.47. The summed E-state index contributed by atoms with van der Waals surface area (Å²) in [6.07, 6.45) is -0.678. The molecule has 3 heteroatoms. The van der Waals surface area contributed by atoms with Crippen molar-refractivity contribution in [3.05, 3.63) is 59.4 Å². The number of hydrogen-bond donors (Lipinski definition) is 1. The highest BCUT2D eigenvalue weighted by Crippen LogP contribution is 2.35. The third kappa shape index (κ3) is 3.41. The summed E-state index contributed by atoms with van der Waals surface area (Å²) in [6, 6.07) is 12.9. The second-order valence-corrected chi connectivity index (χ2v) is 6.24. The van der Waals surface area contributed by atoms with E-state index < -0.39 is 6.10 Å². The summed E-state index contributed by atoms with van der Waals surface area (Å²) >= 11 is 1.35. The molecule has 0 aliphatic carbocycles. The fraction of sp³-hybridized carbons (Fsp3) is 0.294. The van der Waals surface area contributed by atoms with Crippen LogP contribution in [0.2, 0.25) is 0 Å². The normalized spacial score (nSPS) is 12.7. The summed E-state index contributed by atoms with van der Waals surface area (Å²) in [5, 5.41) is 9.74. The third-order valence-corrected chi connectivity index (χ3v) is 4.36. The van der Waals surface area contributed by atoms with Crippen LogP contribution in [0.1, 0.15) is 43.9 Å². The summed E-state index contributed by atoms with van der Waals surface area (Å²) < 4.78 is 14.0. The molecule has 106 valence electrons. The molecule has 0 heterocycles. The lowest BCUT2D eigenvalue weighted by Crippen LogP contribution is -1.96. The van der Waals surface area contributed by atoms with Gasteiger partial charge in [-0.1, -0.05) is 49.9 Å². The maximum absolute atomic E-state index is 14.0. The molecule has 1 atom stereocenters. The van der Waals surface area contributed by atoms with Gasteiger partial charge in [0.2, 0.25) is 0 Å². The highest BCUT2D eigenvalue weighted by molar-refractivity contribution is 7.99. The molecular formula is C17H19FOS. The van der Waals surface area contributed by atoms with Crippen molar-refractivity contribution < 1.29 is 9.50 Å². The van der Waals surface area contributed by atoms with Crippen molar-refractivity contribution in [2.45, 2.75) is 42.6 Å². The Kier molecular flexibility index (Phi) is 4.84. The Balaban J connectivity index is 2.30. The average molecular weight is 290 g/mol. The van der Waals surface area contributed by atoms with Crippen molar-refractivity contribution in [3.63, 3.8) is 0 Å². The minimum atomic E-state index is -0.678. The van der Waals surface area contributed by atoms with Gasteiger partial charge in [0.1, 0.15) is 5.82 Å². The molecule has 0 saturated heterocycles. The Labute approximate surface area is 123 Å². The maximum Gasteiger partial charge on any atom is 0.137 e. The molecule has 0 aliphatic rings. The predicted octanol–water partition coefficient (Wildman–Crippen LogP) is 5.15. The lowest BCUT2D eigenvalue weighted by atomic mass is 10.0. The molecule has 1 unspecified atom stereocenters. The number of aliphatic hydroxyl groups is 1. The van der Waals surface area contributed by atoms with Gasteiger partial charge >= 0.3 is 0 Å². The van der Waals surface area contributed by atoms with E-state index in [-0.39, 0.29) is 5.82 Å². The van der Waals surface area contributed by atoms with Crippen LogP contribution in [-0.4, -0.2) is 5.11 Å². The molecular weight excluding hydrogens is 271 g/mol. The molecule has 20 heavy (non-hydrogen) atoms. The average Bonchev–Trinajstić information content (AvgIpc) is 2.41. The van der Waals surface area contributed by atoms with Gasteiger partial charge in [-0.25, -0.2) is 4.39 Å². The second kappa shape index (κ2) is 6.42. The van der Waals surface area contributed by atoms with E-state index >= 15 is 0 Å². The topological polar surface area (TPSA) is 20.2 Å². The summed E-state index contributed by atoms with van der Waals surface area (Å²) in [7, 11) is 0.